The standard InChI is InChI=1S/C25H30FN3O3S/c1-18-5-2-6-19(15-18)24(31)29-22(17-33-25(29)20-7-3-8-21(26)16-20)23(30)27-9-4-10-28-11-13-32-14-12-28/h2-3,5-8,15-16,22,25H,4,9-14,17H2,1H3,(H,27,30). The second kappa shape index (κ2) is 11.1. The molecule has 1 N–H and O–H groups in total. The van der Waals surface area contributed by atoms with Crippen molar-refractivity contribution in [3.05, 3.63) is 71.0 Å². The molecule has 8 heteroatoms. The molecule has 0 aromatic heterocycles. The van der Waals surface area contributed by atoms with E-state index in [1.807, 2.05) is 25.1 Å². The van der Waals surface area contributed by atoms with Gasteiger partial charge in [0.05, 0.1) is 13.2 Å². The predicted octanol–water partition coefficient (Wildman–Crippen LogP) is 3.23. The molecule has 33 heavy (non-hydrogen) atoms. The van der Waals surface area contributed by atoms with Gasteiger partial charge in [0.25, 0.3) is 5.91 Å². The average Bonchev–Trinajstić information content (AvgIpc) is 3.27. The van der Waals surface area contributed by atoms with Crippen molar-refractivity contribution in [3.8, 4) is 0 Å². The van der Waals surface area contributed by atoms with E-state index in [4.69, 9.17) is 4.74 Å². The van der Waals surface area contributed by atoms with Gasteiger partial charge in [0, 0.05) is 31.0 Å². The number of nitrogens with zero attached hydrogens (tertiary/aromatic N) is 2. The summed E-state index contributed by atoms with van der Waals surface area (Å²) in [6, 6.07) is 13.0. The van der Waals surface area contributed by atoms with Crippen molar-refractivity contribution in [3.63, 3.8) is 0 Å². The number of amides is 2. The first-order valence-corrected chi connectivity index (χ1v) is 12.4. The van der Waals surface area contributed by atoms with Crippen LogP contribution in [0.1, 0.15) is 33.3 Å². The summed E-state index contributed by atoms with van der Waals surface area (Å²) >= 11 is 1.49. The van der Waals surface area contributed by atoms with Gasteiger partial charge in [-0.25, -0.2) is 4.39 Å². The van der Waals surface area contributed by atoms with Crippen LogP contribution >= 0.6 is 11.8 Å². The Morgan fingerprint density at radius 1 is 1.15 bits per heavy atom. The molecule has 2 fully saturated rings. The summed E-state index contributed by atoms with van der Waals surface area (Å²) in [6.45, 7) is 6.72. The van der Waals surface area contributed by atoms with Crippen LogP contribution in [0, 0.1) is 12.7 Å². The van der Waals surface area contributed by atoms with E-state index in [2.05, 4.69) is 10.2 Å². The molecule has 0 spiro atoms. The van der Waals surface area contributed by atoms with E-state index in [0.29, 0.717) is 23.4 Å². The van der Waals surface area contributed by atoms with Crippen LogP contribution in [-0.2, 0) is 9.53 Å². The molecule has 0 aliphatic carbocycles. The summed E-state index contributed by atoms with van der Waals surface area (Å²) in [7, 11) is 0. The molecule has 0 saturated carbocycles. The number of benzene rings is 2. The summed E-state index contributed by atoms with van der Waals surface area (Å²) < 4.78 is 19.3. The maximum atomic E-state index is 13.9. The number of hydrogen-bond donors (Lipinski definition) is 1. The number of morpholine rings is 1. The number of carbonyl (C=O) groups excluding carboxylic acids is 2. The summed E-state index contributed by atoms with van der Waals surface area (Å²) in [6.07, 6.45) is 0.838. The summed E-state index contributed by atoms with van der Waals surface area (Å²) in [5, 5.41) is 2.60. The molecule has 2 aliphatic rings. The summed E-state index contributed by atoms with van der Waals surface area (Å²) in [4.78, 5) is 30.6. The molecule has 6 nitrogen and oxygen atoms in total. The molecule has 2 amide bonds. The number of carbonyl (C=O) groups is 2. The van der Waals surface area contributed by atoms with Crippen molar-refractivity contribution in [2.45, 2.75) is 24.8 Å². The molecule has 2 unspecified atom stereocenters. The van der Waals surface area contributed by atoms with E-state index in [9.17, 15) is 14.0 Å². The first-order valence-electron chi connectivity index (χ1n) is 11.4. The topological polar surface area (TPSA) is 61.9 Å². The van der Waals surface area contributed by atoms with Gasteiger partial charge in [-0.2, -0.15) is 0 Å². The van der Waals surface area contributed by atoms with Crippen LogP contribution < -0.4 is 5.32 Å². The SMILES string of the molecule is Cc1cccc(C(=O)N2C(C(=O)NCCCN3CCOCC3)CSC2c2cccc(F)c2)c1. The quantitative estimate of drug-likeness (QED) is 0.629. The monoisotopic (exact) mass is 471 g/mol. The van der Waals surface area contributed by atoms with Gasteiger partial charge in [0.15, 0.2) is 0 Å². The van der Waals surface area contributed by atoms with Crippen molar-refractivity contribution in [2.75, 3.05) is 45.1 Å². The molecular weight excluding hydrogens is 441 g/mol. The third kappa shape index (κ3) is 5.93. The number of halogens is 1. The van der Waals surface area contributed by atoms with E-state index in [0.717, 1.165) is 44.8 Å². The average molecular weight is 472 g/mol. The number of rotatable bonds is 7. The Kier molecular flexibility index (Phi) is 8.01. The first-order chi connectivity index (χ1) is 16.0. The lowest BCUT2D eigenvalue weighted by molar-refractivity contribution is -0.124. The fourth-order valence-corrected chi connectivity index (χ4v) is 5.68. The minimum Gasteiger partial charge on any atom is -0.379 e. The number of aryl methyl sites for hydroxylation is 1. The van der Waals surface area contributed by atoms with Crippen LogP contribution in [0.15, 0.2) is 48.5 Å². The van der Waals surface area contributed by atoms with Crippen LogP contribution in [0.3, 0.4) is 0 Å². The highest BCUT2D eigenvalue weighted by Crippen LogP contribution is 2.42. The molecular formula is C25H30FN3O3S. The smallest absolute Gasteiger partial charge is 0.255 e. The Morgan fingerprint density at radius 2 is 1.94 bits per heavy atom. The van der Waals surface area contributed by atoms with Crippen molar-refractivity contribution in [1.82, 2.24) is 15.1 Å². The van der Waals surface area contributed by atoms with Crippen molar-refractivity contribution < 1.29 is 18.7 Å². The van der Waals surface area contributed by atoms with Gasteiger partial charge < -0.3 is 15.0 Å². The maximum Gasteiger partial charge on any atom is 0.255 e. The number of ether oxygens (including phenoxy) is 1. The van der Waals surface area contributed by atoms with Crippen LogP contribution in [0.2, 0.25) is 0 Å². The van der Waals surface area contributed by atoms with Gasteiger partial charge >= 0.3 is 0 Å². The molecule has 2 aliphatic heterocycles. The number of nitrogens with one attached hydrogen (secondary N) is 1. The van der Waals surface area contributed by atoms with Crippen LogP contribution in [-0.4, -0.2) is 72.8 Å². The van der Waals surface area contributed by atoms with Gasteiger partial charge in [-0.05, 0) is 49.7 Å². The van der Waals surface area contributed by atoms with Crippen LogP contribution in [0.25, 0.3) is 0 Å². The third-order valence-electron chi connectivity index (χ3n) is 5.99. The van der Waals surface area contributed by atoms with E-state index in [1.165, 1.54) is 23.9 Å². The minimum absolute atomic E-state index is 0.163. The Labute approximate surface area is 198 Å². The number of thioether (sulfide) groups is 1. The van der Waals surface area contributed by atoms with Gasteiger partial charge in [-0.3, -0.25) is 14.5 Å². The largest absolute Gasteiger partial charge is 0.379 e. The molecule has 0 bridgehead atoms. The fraction of sp³-hybridized carbons (Fsp3) is 0.440. The molecule has 2 aromatic rings. The molecule has 2 saturated heterocycles. The minimum atomic E-state index is -0.611. The highest BCUT2D eigenvalue weighted by molar-refractivity contribution is 7.99. The highest BCUT2D eigenvalue weighted by atomic mass is 32.2. The number of hydrogen-bond acceptors (Lipinski definition) is 5. The lowest BCUT2D eigenvalue weighted by Crippen LogP contribution is -2.48. The van der Waals surface area contributed by atoms with E-state index in [1.54, 1.807) is 23.1 Å². The second-order valence-corrected chi connectivity index (χ2v) is 9.55. The van der Waals surface area contributed by atoms with Gasteiger partial charge in [0.2, 0.25) is 5.91 Å². The summed E-state index contributed by atoms with van der Waals surface area (Å²) in [5.74, 6) is -0.267. The highest BCUT2D eigenvalue weighted by Gasteiger charge is 2.42. The zero-order valence-electron chi connectivity index (χ0n) is 18.8. The third-order valence-corrected chi connectivity index (χ3v) is 7.31. The molecule has 176 valence electrons. The van der Waals surface area contributed by atoms with E-state index in [-0.39, 0.29) is 17.6 Å². The van der Waals surface area contributed by atoms with Crippen molar-refractivity contribution >= 4 is 23.6 Å². The van der Waals surface area contributed by atoms with Gasteiger partial charge in [-0.1, -0.05) is 29.8 Å². The van der Waals surface area contributed by atoms with Crippen molar-refractivity contribution in [2.24, 2.45) is 0 Å². The lowest BCUT2D eigenvalue weighted by atomic mass is 10.1. The lowest BCUT2D eigenvalue weighted by Gasteiger charge is -2.29. The Balaban J connectivity index is 1.46. The summed E-state index contributed by atoms with van der Waals surface area (Å²) in [5.41, 5.74) is 2.19. The Hall–Kier alpha value is -2.42. The first kappa shape index (κ1) is 23.7. The predicted molar refractivity (Wildman–Crippen MR) is 128 cm³/mol. The van der Waals surface area contributed by atoms with Crippen LogP contribution in [0.5, 0.6) is 0 Å². The molecule has 2 heterocycles. The molecule has 2 atom stereocenters. The second-order valence-electron chi connectivity index (χ2n) is 8.44. The van der Waals surface area contributed by atoms with Gasteiger partial charge in [0.1, 0.15) is 17.2 Å². The zero-order valence-corrected chi connectivity index (χ0v) is 19.7. The van der Waals surface area contributed by atoms with Crippen LogP contribution in [0.4, 0.5) is 4.39 Å². The maximum absolute atomic E-state index is 13.9. The van der Waals surface area contributed by atoms with E-state index < -0.39 is 11.4 Å². The molecule has 0 radical (unpaired) electrons. The molecule has 2 aromatic carbocycles. The fourth-order valence-electron chi connectivity index (χ4n) is 4.26. The molecule has 4 rings (SSSR count). The Bertz CT molecular complexity index is 983. The van der Waals surface area contributed by atoms with E-state index >= 15 is 0 Å². The van der Waals surface area contributed by atoms with Crippen molar-refractivity contribution in [1.29, 1.82) is 0 Å². The van der Waals surface area contributed by atoms with Gasteiger partial charge in [-0.15, -0.1) is 11.8 Å². The normalized spacial score (nSPS) is 21.2. The Morgan fingerprint density at radius 3 is 2.70 bits per heavy atom. The zero-order chi connectivity index (χ0) is 23.2.